The lowest BCUT2D eigenvalue weighted by atomic mass is 10.1. The third-order valence-corrected chi connectivity index (χ3v) is 3.88. The molecule has 0 saturated heterocycles. The van der Waals surface area contributed by atoms with E-state index in [0.717, 1.165) is 0 Å². The zero-order valence-electron chi connectivity index (χ0n) is 9.04. The van der Waals surface area contributed by atoms with Crippen molar-refractivity contribution in [1.82, 2.24) is 0 Å². The van der Waals surface area contributed by atoms with Crippen molar-refractivity contribution in [3.05, 3.63) is 27.7 Å². The molecule has 0 amide bonds. The fourth-order valence-electron chi connectivity index (χ4n) is 1.29. The van der Waals surface area contributed by atoms with E-state index in [9.17, 15) is 13.2 Å². The minimum atomic E-state index is -3.89. The molecule has 1 aromatic rings. The number of primary sulfonamides is 1. The smallest absolute Gasteiger partial charge is 0.239 e. The number of hydrogen-bond donors (Lipinski definition) is 1. The molecule has 4 nitrogen and oxygen atoms in total. The summed E-state index contributed by atoms with van der Waals surface area (Å²) in [4.78, 5) is 10.7. The van der Waals surface area contributed by atoms with Gasteiger partial charge in [-0.25, -0.2) is 13.6 Å². The highest BCUT2D eigenvalue weighted by Crippen LogP contribution is 2.28. The fraction of sp³-hybridized carbons (Fsp3) is 0.300. The van der Waals surface area contributed by atoms with E-state index in [2.05, 4.69) is 0 Å². The van der Waals surface area contributed by atoms with Gasteiger partial charge in [-0.05, 0) is 31.0 Å². The van der Waals surface area contributed by atoms with Crippen molar-refractivity contribution in [3.8, 4) is 0 Å². The molecule has 0 saturated carbocycles. The van der Waals surface area contributed by atoms with E-state index in [4.69, 9.17) is 28.3 Å². The maximum atomic E-state index is 11.2. The number of carbonyl (C=O) groups excluding carboxylic acids is 1. The molecule has 0 atom stereocenters. The van der Waals surface area contributed by atoms with Gasteiger partial charge >= 0.3 is 0 Å². The Morgan fingerprint density at radius 2 is 1.88 bits per heavy atom. The predicted molar refractivity (Wildman–Crippen MR) is 66.8 cm³/mol. The summed E-state index contributed by atoms with van der Waals surface area (Å²) in [5.41, 5.74) is 0.537. The van der Waals surface area contributed by atoms with Crippen LogP contribution in [0.4, 0.5) is 0 Å². The molecule has 0 aliphatic carbocycles. The largest absolute Gasteiger partial charge is 0.300 e. The van der Waals surface area contributed by atoms with Crippen LogP contribution in [0, 0.1) is 0 Å². The summed E-state index contributed by atoms with van der Waals surface area (Å²) in [5.74, 6) is -0.00632. The highest BCUT2D eigenvalue weighted by atomic mass is 35.5. The Morgan fingerprint density at radius 3 is 2.35 bits per heavy atom. The van der Waals surface area contributed by atoms with Crippen LogP contribution in [0.15, 0.2) is 17.0 Å². The van der Waals surface area contributed by atoms with E-state index in [0.29, 0.717) is 17.0 Å². The zero-order valence-corrected chi connectivity index (χ0v) is 11.4. The molecule has 0 bridgehead atoms. The van der Waals surface area contributed by atoms with Crippen LogP contribution in [0.2, 0.25) is 10.0 Å². The van der Waals surface area contributed by atoms with E-state index < -0.39 is 10.0 Å². The van der Waals surface area contributed by atoms with Crippen LogP contribution in [-0.2, 0) is 21.2 Å². The lowest BCUT2D eigenvalue weighted by Crippen LogP contribution is -2.13. The van der Waals surface area contributed by atoms with Gasteiger partial charge in [0, 0.05) is 11.4 Å². The van der Waals surface area contributed by atoms with Gasteiger partial charge in [0.25, 0.3) is 0 Å². The summed E-state index contributed by atoms with van der Waals surface area (Å²) in [5, 5.41) is 5.31. The van der Waals surface area contributed by atoms with Crippen LogP contribution in [0.5, 0.6) is 0 Å². The van der Waals surface area contributed by atoms with E-state index >= 15 is 0 Å². The van der Waals surface area contributed by atoms with Gasteiger partial charge in [-0.3, -0.25) is 0 Å². The summed E-state index contributed by atoms with van der Waals surface area (Å²) in [6.45, 7) is 1.45. The third kappa shape index (κ3) is 3.96. The first-order valence-electron chi connectivity index (χ1n) is 4.72. The standard InChI is InChI=1S/C10H11Cl2NO3S/c1-6(14)2-3-7-4-10(17(13,15)16)9(12)5-8(7)11/h4-5H,2-3H2,1H3,(H2,13,15,16). The normalized spacial score (nSPS) is 11.5. The number of halogens is 2. The molecule has 0 unspecified atom stereocenters. The quantitative estimate of drug-likeness (QED) is 0.925. The molecule has 0 aliphatic rings. The Morgan fingerprint density at radius 1 is 1.29 bits per heavy atom. The van der Waals surface area contributed by atoms with E-state index in [1.807, 2.05) is 0 Å². The van der Waals surface area contributed by atoms with Gasteiger partial charge in [0.1, 0.15) is 10.7 Å². The van der Waals surface area contributed by atoms with Crippen LogP contribution in [0.3, 0.4) is 0 Å². The summed E-state index contributed by atoms with van der Waals surface area (Å²) in [6.07, 6.45) is 0.638. The molecule has 0 heterocycles. The first-order valence-corrected chi connectivity index (χ1v) is 7.02. The maximum Gasteiger partial charge on any atom is 0.239 e. The number of ketones is 1. The van der Waals surface area contributed by atoms with Gasteiger partial charge < -0.3 is 4.79 Å². The minimum Gasteiger partial charge on any atom is -0.300 e. The highest BCUT2D eigenvalue weighted by Gasteiger charge is 2.16. The van der Waals surface area contributed by atoms with Gasteiger partial charge in [0.15, 0.2) is 0 Å². The number of Topliss-reactive ketones (excluding diaryl/α,β-unsaturated/α-hetero) is 1. The number of carbonyl (C=O) groups is 1. The second-order valence-corrected chi connectivity index (χ2v) is 5.97. The summed E-state index contributed by atoms with van der Waals surface area (Å²) in [6, 6.07) is 2.63. The van der Waals surface area contributed by atoms with Crippen molar-refractivity contribution >= 4 is 39.0 Å². The van der Waals surface area contributed by atoms with Crippen molar-refractivity contribution in [3.63, 3.8) is 0 Å². The van der Waals surface area contributed by atoms with Crippen molar-refractivity contribution < 1.29 is 13.2 Å². The Hall–Kier alpha value is -0.620. The monoisotopic (exact) mass is 295 g/mol. The summed E-state index contributed by atoms with van der Waals surface area (Å²) < 4.78 is 22.5. The van der Waals surface area contributed by atoms with E-state index in [1.165, 1.54) is 19.1 Å². The lowest BCUT2D eigenvalue weighted by Gasteiger charge is -2.07. The van der Waals surface area contributed by atoms with Crippen molar-refractivity contribution in [2.24, 2.45) is 5.14 Å². The predicted octanol–water partition coefficient (Wildman–Crippen LogP) is 2.16. The Balaban J connectivity index is 3.20. The molecule has 2 N–H and O–H groups in total. The van der Waals surface area contributed by atoms with Crippen LogP contribution in [0.25, 0.3) is 0 Å². The molecule has 0 aliphatic heterocycles. The average Bonchev–Trinajstić information content (AvgIpc) is 2.13. The minimum absolute atomic E-state index is 0.00632. The first kappa shape index (κ1) is 14.4. The average molecular weight is 296 g/mol. The van der Waals surface area contributed by atoms with Crippen LogP contribution < -0.4 is 5.14 Å². The summed E-state index contributed by atoms with van der Waals surface area (Å²) in [7, 11) is -3.89. The van der Waals surface area contributed by atoms with Gasteiger partial charge in [-0.1, -0.05) is 23.2 Å². The third-order valence-electron chi connectivity index (χ3n) is 2.15. The number of aryl methyl sites for hydroxylation is 1. The fourth-order valence-corrected chi connectivity index (χ4v) is 2.73. The lowest BCUT2D eigenvalue weighted by molar-refractivity contribution is -0.116. The zero-order chi connectivity index (χ0) is 13.2. The molecule has 1 rings (SSSR count). The molecule has 7 heteroatoms. The van der Waals surface area contributed by atoms with Crippen LogP contribution in [-0.4, -0.2) is 14.2 Å². The number of benzene rings is 1. The molecule has 0 fully saturated rings. The van der Waals surface area contributed by atoms with Gasteiger partial charge in [-0.15, -0.1) is 0 Å². The van der Waals surface area contributed by atoms with Crippen LogP contribution >= 0.6 is 23.2 Å². The topological polar surface area (TPSA) is 77.2 Å². The number of hydrogen-bond acceptors (Lipinski definition) is 3. The second-order valence-electron chi connectivity index (χ2n) is 3.62. The van der Waals surface area contributed by atoms with Crippen molar-refractivity contribution in [2.75, 3.05) is 0 Å². The second kappa shape index (κ2) is 5.35. The highest BCUT2D eigenvalue weighted by molar-refractivity contribution is 7.89. The SMILES string of the molecule is CC(=O)CCc1cc(S(N)(=O)=O)c(Cl)cc1Cl. The van der Waals surface area contributed by atoms with Crippen molar-refractivity contribution in [2.45, 2.75) is 24.7 Å². The molecule has 17 heavy (non-hydrogen) atoms. The first-order chi connectivity index (χ1) is 7.71. The Kier molecular flexibility index (Phi) is 4.55. The number of rotatable bonds is 4. The number of sulfonamides is 1. The maximum absolute atomic E-state index is 11.2. The van der Waals surface area contributed by atoms with E-state index in [-0.39, 0.29) is 22.1 Å². The molecular weight excluding hydrogens is 285 g/mol. The number of nitrogens with two attached hydrogens (primary N) is 1. The van der Waals surface area contributed by atoms with Crippen molar-refractivity contribution in [1.29, 1.82) is 0 Å². The summed E-state index contributed by atoms with van der Waals surface area (Å²) >= 11 is 11.6. The molecular formula is C10H11Cl2NO3S. The molecule has 94 valence electrons. The van der Waals surface area contributed by atoms with Gasteiger partial charge in [-0.2, -0.15) is 0 Å². The Bertz CT molecular complexity index is 555. The molecule has 0 radical (unpaired) electrons. The van der Waals surface area contributed by atoms with E-state index in [1.54, 1.807) is 0 Å². The molecule has 1 aromatic carbocycles. The Labute approximate surface area is 110 Å². The molecule has 0 aromatic heterocycles. The van der Waals surface area contributed by atoms with Gasteiger partial charge in [0.05, 0.1) is 5.02 Å². The van der Waals surface area contributed by atoms with Crippen LogP contribution in [0.1, 0.15) is 18.9 Å². The molecule has 0 spiro atoms. The van der Waals surface area contributed by atoms with Gasteiger partial charge in [0.2, 0.25) is 10.0 Å².